The number of benzene rings is 2. The minimum Gasteiger partial charge on any atom is -0.322 e. The van der Waals surface area contributed by atoms with Gasteiger partial charge in [0.15, 0.2) is 0 Å². The van der Waals surface area contributed by atoms with Gasteiger partial charge in [0.2, 0.25) is 10.0 Å². The summed E-state index contributed by atoms with van der Waals surface area (Å²) in [5.74, 6) is -0.391. The van der Waals surface area contributed by atoms with Crippen molar-refractivity contribution in [2.45, 2.75) is 24.2 Å². The molecule has 0 bridgehead atoms. The molecule has 1 heterocycles. The van der Waals surface area contributed by atoms with Gasteiger partial charge in [-0.05, 0) is 55.3 Å². The molecule has 0 radical (unpaired) electrons. The summed E-state index contributed by atoms with van der Waals surface area (Å²) in [6.45, 7) is 1.06. The number of hydrogen-bond acceptors (Lipinski definition) is 4. The number of carbonyl (C=O) groups is 1. The van der Waals surface area contributed by atoms with Crippen LogP contribution in [0.2, 0.25) is 5.02 Å². The molecule has 2 aromatic rings. The molecular formula is C19H18ClN3O3S. The number of amides is 1. The minimum atomic E-state index is -3.52. The zero-order valence-corrected chi connectivity index (χ0v) is 16.1. The molecule has 1 aliphatic rings. The minimum absolute atomic E-state index is 0.183. The van der Waals surface area contributed by atoms with Gasteiger partial charge in [-0.1, -0.05) is 18.0 Å². The number of anilines is 1. The van der Waals surface area contributed by atoms with E-state index in [2.05, 4.69) is 5.32 Å². The van der Waals surface area contributed by atoms with Crippen LogP contribution in [-0.2, 0) is 10.0 Å². The van der Waals surface area contributed by atoms with Gasteiger partial charge in [0.1, 0.15) is 6.07 Å². The monoisotopic (exact) mass is 403 g/mol. The Morgan fingerprint density at radius 3 is 2.33 bits per heavy atom. The first-order chi connectivity index (χ1) is 12.9. The van der Waals surface area contributed by atoms with E-state index in [-0.39, 0.29) is 9.92 Å². The molecule has 8 heteroatoms. The van der Waals surface area contributed by atoms with Crippen molar-refractivity contribution in [3.63, 3.8) is 0 Å². The highest BCUT2D eigenvalue weighted by Gasteiger charge is 2.25. The molecule has 1 saturated heterocycles. The van der Waals surface area contributed by atoms with E-state index in [1.807, 2.05) is 6.07 Å². The zero-order chi connectivity index (χ0) is 19.4. The molecule has 27 heavy (non-hydrogen) atoms. The number of piperidine rings is 1. The van der Waals surface area contributed by atoms with Crippen LogP contribution in [0.3, 0.4) is 0 Å². The van der Waals surface area contributed by atoms with Gasteiger partial charge in [-0.15, -0.1) is 0 Å². The second-order valence-electron chi connectivity index (χ2n) is 6.25. The summed E-state index contributed by atoms with van der Waals surface area (Å²) in [5, 5.41) is 11.8. The Kier molecular flexibility index (Phi) is 5.80. The smallest absolute Gasteiger partial charge is 0.255 e. The molecule has 0 atom stereocenters. The lowest BCUT2D eigenvalue weighted by molar-refractivity contribution is 0.102. The molecule has 1 N–H and O–H groups in total. The van der Waals surface area contributed by atoms with E-state index >= 15 is 0 Å². The van der Waals surface area contributed by atoms with E-state index in [9.17, 15) is 13.2 Å². The molecule has 0 aliphatic carbocycles. The summed E-state index contributed by atoms with van der Waals surface area (Å²) in [7, 11) is -3.52. The van der Waals surface area contributed by atoms with Crippen LogP contribution in [0.25, 0.3) is 0 Å². The van der Waals surface area contributed by atoms with Crippen LogP contribution in [0.15, 0.2) is 47.4 Å². The van der Waals surface area contributed by atoms with Crippen molar-refractivity contribution in [3.8, 4) is 6.07 Å². The summed E-state index contributed by atoms with van der Waals surface area (Å²) in [5.41, 5.74) is 1.10. The van der Waals surface area contributed by atoms with Crippen molar-refractivity contribution in [1.82, 2.24) is 4.31 Å². The van der Waals surface area contributed by atoms with Crippen molar-refractivity contribution in [1.29, 1.82) is 5.26 Å². The van der Waals surface area contributed by atoms with E-state index in [4.69, 9.17) is 16.9 Å². The fourth-order valence-corrected chi connectivity index (χ4v) is 4.66. The standard InChI is InChI=1S/C19H18ClN3O3S/c20-18-12-16(7-4-15(18)13-21)22-19(24)14-5-8-17(9-6-14)27(25,26)23-10-2-1-3-11-23/h4-9,12H,1-3,10-11H2,(H,22,24). The lowest BCUT2D eigenvalue weighted by Crippen LogP contribution is -2.35. The number of nitriles is 1. The molecule has 140 valence electrons. The van der Waals surface area contributed by atoms with Gasteiger partial charge in [-0.3, -0.25) is 4.79 Å². The largest absolute Gasteiger partial charge is 0.322 e. The van der Waals surface area contributed by atoms with Crippen LogP contribution < -0.4 is 5.32 Å². The van der Waals surface area contributed by atoms with E-state index in [1.165, 1.54) is 40.7 Å². The van der Waals surface area contributed by atoms with Gasteiger partial charge in [-0.2, -0.15) is 9.57 Å². The first kappa shape index (κ1) is 19.4. The maximum atomic E-state index is 12.6. The van der Waals surface area contributed by atoms with Crippen LogP contribution in [0.4, 0.5) is 5.69 Å². The summed E-state index contributed by atoms with van der Waals surface area (Å²) in [4.78, 5) is 12.5. The summed E-state index contributed by atoms with van der Waals surface area (Å²) >= 11 is 5.96. The van der Waals surface area contributed by atoms with Crippen LogP contribution in [0.1, 0.15) is 35.2 Å². The summed E-state index contributed by atoms with van der Waals surface area (Å²) < 4.78 is 26.8. The second kappa shape index (κ2) is 8.09. The van der Waals surface area contributed by atoms with Crippen LogP contribution in [0, 0.1) is 11.3 Å². The van der Waals surface area contributed by atoms with Gasteiger partial charge in [0.25, 0.3) is 5.91 Å². The molecule has 1 aliphatic heterocycles. The molecular weight excluding hydrogens is 386 g/mol. The third-order valence-corrected chi connectivity index (χ3v) is 6.64. The first-order valence-corrected chi connectivity index (χ1v) is 10.3. The van der Waals surface area contributed by atoms with E-state index in [1.54, 1.807) is 6.07 Å². The normalized spacial score (nSPS) is 15.1. The fraction of sp³-hybridized carbons (Fsp3) is 0.263. The number of nitrogens with one attached hydrogen (secondary N) is 1. The molecule has 0 unspecified atom stereocenters. The second-order valence-corrected chi connectivity index (χ2v) is 8.59. The van der Waals surface area contributed by atoms with Crippen molar-refractivity contribution >= 4 is 33.2 Å². The molecule has 0 spiro atoms. The third-order valence-electron chi connectivity index (χ3n) is 4.42. The predicted molar refractivity (Wildman–Crippen MR) is 103 cm³/mol. The Morgan fingerprint density at radius 1 is 1.07 bits per heavy atom. The van der Waals surface area contributed by atoms with Gasteiger partial charge >= 0.3 is 0 Å². The van der Waals surface area contributed by atoms with E-state index in [0.717, 1.165) is 19.3 Å². The topological polar surface area (TPSA) is 90.3 Å². The third kappa shape index (κ3) is 4.30. The zero-order valence-electron chi connectivity index (χ0n) is 14.5. The van der Waals surface area contributed by atoms with E-state index < -0.39 is 15.9 Å². The number of halogens is 1. The lowest BCUT2D eigenvalue weighted by atomic mass is 10.2. The fourth-order valence-electron chi connectivity index (χ4n) is 2.92. The highest BCUT2D eigenvalue weighted by molar-refractivity contribution is 7.89. The van der Waals surface area contributed by atoms with Gasteiger partial charge in [-0.25, -0.2) is 8.42 Å². The Labute approximate surface area is 163 Å². The highest BCUT2D eigenvalue weighted by atomic mass is 35.5. The number of nitrogens with zero attached hydrogens (tertiary/aromatic N) is 2. The summed E-state index contributed by atoms with van der Waals surface area (Å²) in [6.07, 6.45) is 2.78. The van der Waals surface area contributed by atoms with Gasteiger partial charge in [0.05, 0.1) is 15.5 Å². The number of rotatable bonds is 4. The number of carbonyl (C=O) groups excluding carboxylic acids is 1. The molecule has 2 aromatic carbocycles. The average molecular weight is 404 g/mol. The van der Waals surface area contributed by atoms with Crippen LogP contribution >= 0.6 is 11.6 Å². The number of hydrogen-bond donors (Lipinski definition) is 1. The molecule has 3 rings (SSSR count). The van der Waals surface area contributed by atoms with Crippen molar-refractivity contribution < 1.29 is 13.2 Å². The molecule has 1 amide bonds. The Balaban J connectivity index is 1.74. The summed E-state index contributed by atoms with van der Waals surface area (Å²) in [6, 6.07) is 12.4. The van der Waals surface area contributed by atoms with Crippen molar-refractivity contribution in [3.05, 3.63) is 58.6 Å². The Bertz CT molecular complexity index is 992. The quantitative estimate of drug-likeness (QED) is 0.843. The molecule has 0 saturated carbocycles. The Morgan fingerprint density at radius 2 is 1.74 bits per heavy atom. The van der Waals surface area contributed by atoms with Gasteiger partial charge in [0, 0.05) is 24.3 Å². The maximum absolute atomic E-state index is 12.6. The van der Waals surface area contributed by atoms with E-state index in [0.29, 0.717) is 29.9 Å². The van der Waals surface area contributed by atoms with Crippen molar-refractivity contribution in [2.24, 2.45) is 0 Å². The Hall–Kier alpha value is -2.40. The predicted octanol–water partition coefficient (Wildman–Crippen LogP) is 3.64. The van der Waals surface area contributed by atoms with Crippen LogP contribution in [-0.4, -0.2) is 31.7 Å². The highest BCUT2D eigenvalue weighted by Crippen LogP contribution is 2.23. The number of sulfonamides is 1. The SMILES string of the molecule is N#Cc1ccc(NC(=O)c2ccc(S(=O)(=O)N3CCCCC3)cc2)cc1Cl. The lowest BCUT2D eigenvalue weighted by Gasteiger charge is -2.25. The maximum Gasteiger partial charge on any atom is 0.255 e. The van der Waals surface area contributed by atoms with Crippen LogP contribution in [0.5, 0.6) is 0 Å². The van der Waals surface area contributed by atoms with Crippen molar-refractivity contribution in [2.75, 3.05) is 18.4 Å². The first-order valence-electron chi connectivity index (χ1n) is 8.53. The average Bonchev–Trinajstić information content (AvgIpc) is 2.69. The van der Waals surface area contributed by atoms with Gasteiger partial charge < -0.3 is 5.32 Å². The molecule has 6 nitrogen and oxygen atoms in total. The molecule has 0 aromatic heterocycles. The molecule has 1 fully saturated rings.